The van der Waals surface area contributed by atoms with Crippen LogP contribution in [-0.2, 0) is 9.59 Å². The highest BCUT2D eigenvalue weighted by molar-refractivity contribution is 9.10. The van der Waals surface area contributed by atoms with Crippen molar-refractivity contribution in [2.75, 3.05) is 12.4 Å². The summed E-state index contributed by atoms with van der Waals surface area (Å²) in [7, 11) is 1.59. The predicted molar refractivity (Wildman–Crippen MR) is 92.3 cm³/mol. The van der Waals surface area contributed by atoms with E-state index in [2.05, 4.69) is 26.6 Å². The number of hydrogen-bond acceptors (Lipinski definition) is 3. The third kappa shape index (κ3) is 4.82. The number of halogens is 1. The third-order valence-electron chi connectivity index (χ3n) is 3.25. The second-order valence-corrected chi connectivity index (χ2v) is 5.85. The summed E-state index contributed by atoms with van der Waals surface area (Å²) in [6.07, 6.45) is 0. The van der Waals surface area contributed by atoms with Gasteiger partial charge in [-0.3, -0.25) is 9.59 Å². The summed E-state index contributed by atoms with van der Waals surface area (Å²) < 4.78 is 5.91. The number of carbonyl (C=O) groups excluding carboxylic acids is 2. The fourth-order valence-electron chi connectivity index (χ4n) is 1.99. The number of nitrogens with one attached hydrogen (secondary N) is 2. The second kappa shape index (κ2) is 7.78. The van der Waals surface area contributed by atoms with Gasteiger partial charge in [0.15, 0.2) is 0 Å². The topological polar surface area (TPSA) is 67.4 Å². The molecule has 23 heavy (non-hydrogen) atoms. The third-order valence-corrected chi connectivity index (χ3v) is 3.75. The highest BCUT2D eigenvalue weighted by Gasteiger charge is 2.17. The summed E-state index contributed by atoms with van der Waals surface area (Å²) >= 11 is 3.31. The Bertz CT molecular complexity index is 701. The molecule has 2 rings (SSSR count). The molecule has 0 aliphatic heterocycles. The maximum absolute atomic E-state index is 12.0. The van der Waals surface area contributed by atoms with Gasteiger partial charge in [-0.25, -0.2) is 0 Å². The quantitative estimate of drug-likeness (QED) is 0.804. The van der Waals surface area contributed by atoms with Crippen LogP contribution in [0.5, 0.6) is 5.75 Å². The van der Waals surface area contributed by atoms with Gasteiger partial charge in [-0.15, -0.1) is 0 Å². The lowest BCUT2D eigenvalue weighted by molar-refractivity contribution is -0.136. The van der Waals surface area contributed by atoms with E-state index in [1.165, 1.54) is 0 Å². The minimum atomic E-state index is -0.705. The molecular formula is C17H17BrN2O3. The molecule has 0 spiro atoms. The van der Waals surface area contributed by atoms with Crippen LogP contribution in [-0.4, -0.2) is 18.9 Å². The second-order valence-electron chi connectivity index (χ2n) is 4.93. The molecule has 0 fully saturated rings. The van der Waals surface area contributed by atoms with Gasteiger partial charge in [0.05, 0.1) is 13.2 Å². The summed E-state index contributed by atoms with van der Waals surface area (Å²) in [5, 5.41) is 5.22. The lowest BCUT2D eigenvalue weighted by atomic mass is 10.1. The first kappa shape index (κ1) is 17.0. The van der Waals surface area contributed by atoms with Crippen molar-refractivity contribution in [3.63, 3.8) is 0 Å². The van der Waals surface area contributed by atoms with Gasteiger partial charge in [0.2, 0.25) is 0 Å². The lowest BCUT2D eigenvalue weighted by Crippen LogP contribution is -2.36. The Hall–Kier alpha value is -2.34. The molecule has 2 amide bonds. The van der Waals surface area contributed by atoms with Gasteiger partial charge >= 0.3 is 11.8 Å². The van der Waals surface area contributed by atoms with E-state index in [0.717, 1.165) is 15.8 Å². The zero-order valence-corrected chi connectivity index (χ0v) is 14.4. The Kier molecular flexibility index (Phi) is 5.76. The molecule has 6 heteroatoms. The first-order chi connectivity index (χ1) is 11.0. The van der Waals surface area contributed by atoms with Gasteiger partial charge in [0.1, 0.15) is 5.75 Å². The van der Waals surface area contributed by atoms with Crippen molar-refractivity contribution in [2.45, 2.75) is 13.0 Å². The molecule has 0 radical (unpaired) electrons. The van der Waals surface area contributed by atoms with Crippen LogP contribution in [0.4, 0.5) is 5.69 Å². The molecule has 1 atom stereocenters. The summed E-state index contributed by atoms with van der Waals surface area (Å²) in [6.45, 7) is 1.81. The number of benzene rings is 2. The molecular weight excluding hydrogens is 360 g/mol. The number of amides is 2. The lowest BCUT2D eigenvalue weighted by Gasteiger charge is -2.14. The van der Waals surface area contributed by atoms with E-state index in [-0.39, 0.29) is 6.04 Å². The van der Waals surface area contributed by atoms with E-state index in [9.17, 15) is 9.59 Å². The summed E-state index contributed by atoms with van der Waals surface area (Å²) in [5.41, 5.74) is 1.44. The van der Waals surface area contributed by atoms with Crippen molar-refractivity contribution in [1.82, 2.24) is 5.32 Å². The van der Waals surface area contributed by atoms with E-state index in [0.29, 0.717) is 5.69 Å². The van der Waals surface area contributed by atoms with Crippen LogP contribution in [0.3, 0.4) is 0 Å². The van der Waals surface area contributed by atoms with Gasteiger partial charge in [-0.2, -0.15) is 0 Å². The Morgan fingerprint density at radius 3 is 2.39 bits per heavy atom. The van der Waals surface area contributed by atoms with E-state index in [4.69, 9.17) is 4.74 Å². The van der Waals surface area contributed by atoms with E-state index >= 15 is 0 Å². The number of hydrogen-bond donors (Lipinski definition) is 2. The first-order valence-electron chi connectivity index (χ1n) is 7.01. The molecule has 0 saturated carbocycles. The number of methoxy groups -OCH3 is 1. The standard InChI is InChI=1S/C17H17BrN2O3/c1-11(12-6-8-15(23-2)9-7-12)19-16(21)17(22)20-14-5-3-4-13(18)10-14/h3-11H,1-2H3,(H,19,21)(H,20,22)/t11-/m1/s1. The van der Waals surface area contributed by atoms with Gasteiger partial charge in [-0.05, 0) is 42.8 Å². The smallest absolute Gasteiger partial charge is 0.313 e. The maximum Gasteiger partial charge on any atom is 0.313 e. The molecule has 2 aromatic rings. The fraction of sp³-hybridized carbons (Fsp3) is 0.176. The normalized spacial score (nSPS) is 11.4. The van der Waals surface area contributed by atoms with Crippen molar-refractivity contribution in [1.29, 1.82) is 0 Å². The SMILES string of the molecule is COc1ccc([C@@H](C)NC(=O)C(=O)Nc2cccc(Br)c2)cc1. The van der Waals surface area contributed by atoms with Gasteiger partial charge in [0.25, 0.3) is 0 Å². The fourth-order valence-corrected chi connectivity index (χ4v) is 2.39. The number of ether oxygens (including phenoxy) is 1. The Morgan fingerprint density at radius 2 is 1.78 bits per heavy atom. The van der Waals surface area contributed by atoms with Crippen LogP contribution in [0, 0.1) is 0 Å². The average Bonchev–Trinajstić information content (AvgIpc) is 2.54. The average molecular weight is 377 g/mol. The van der Waals surface area contributed by atoms with Crippen molar-refractivity contribution in [3.05, 3.63) is 58.6 Å². The highest BCUT2D eigenvalue weighted by atomic mass is 79.9. The van der Waals surface area contributed by atoms with Crippen LogP contribution in [0.25, 0.3) is 0 Å². The molecule has 0 aliphatic carbocycles. The summed E-state index contributed by atoms with van der Waals surface area (Å²) in [5.74, 6) is -0.656. The van der Waals surface area contributed by atoms with Crippen molar-refractivity contribution >= 4 is 33.4 Å². The number of rotatable bonds is 4. The van der Waals surface area contributed by atoms with Gasteiger partial charge in [-0.1, -0.05) is 34.1 Å². The molecule has 2 aromatic carbocycles. The molecule has 0 aliphatic rings. The number of anilines is 1. The van der Waals surface area contributed by atoms with E-state index < -0.39 is 11.8 Å². The van der Waals surface area contributed by atoms with Crippen LogP contribution in [0.2, 0.25) is 0 Å². The largest absolute Gasteiger partial charge is 0.497 e. The van der Waals surface area contributed by atoms with Crippen molar-refractivity contribution < 1.29 is 14.3 Å². The van der Waals surface area contributed by atoms with E-state index in [1.807, 2.05) is 25.1 Å². The van der Waals surface area contributed by atoms with Crippen LogP contribution < -0.4 is 15.4 Å². The summed E-state index contributed by atoms with van der Waals surface area (Å²) in [4.78, 5) is 23.9. The Labute approximate surface area is 143 Å². The molecule has 0 aromatic heterocycles. The molecule has 0 saturated heterocycles. The molecule has 0 unspecified atom stereocenters. The number of carbonyl (C=O) groups is 2. The monoisotopic (exact) mass is 376 g/mol. The molecule has 120 valence electrons. The Morgan fingerprint density at radius 1 is 1.09 bits per heavy atom. The van der Waals surface area contributed by atoms with Crippen LogP contribution in [0.1, 0.15) is 18.5 Å². The first-order valence-corrected chi connectivity index (χ1v) is 7.80. The Balaban J connectivity index is 1.95. The minimum absolute atomic E-state index is 0.290. The maximum atomic E-state index is 12.0. The van der Waals surface area contributed by atoms with Crippen molar-refractivity contribution in [3.8, 4) is 5.75 Å². The van der Waals surface area contributed by atoms with Crippen LogP contribution >= 0.6 is 15.9 Å². The highest BCUT2D eigenvalue weighted by Crippen LogP contribution is 2.18. The van der Waals surface area contributed by atoms with Crippen LogP contribution in [0.15, 0.2) is 53.0 Å². The zero-order chi connectivity index (χ0) is 16.8. The predicted octanol–water partition coefficient (Wildman–Crippen LogP) is 3.27. The molecule has 0 bridgehead atoms. The molecule has 5 nitrogen and oxygen atoms in total. The minimum Gasteiger partial charge on any atom is -0.497 e. The molecule has 0 heterocycles. The van der Waals surface area contributed by atoms with Gasteiger partial charge < -0.3 is 15.4 Å². The zero-order valence-electron chi connectivity index (χ0n) is 12.8. The van der Waals surface area contributed by atoms with E-state index in [1.54, 1.807) is 37.4 Å². The van der Waals surface area contributed by atoms with Gasteiger partial charge in [0, 0.05) is 10.2 Å². The molecule has 2 N–H and O–H groups in total. The van der Waals surface area contributed by atoms with Crippen molar-refractivity contribution in [2.24, 2.45) is 0 Å². The summed E-state index contributed by atoms with van der Waals surface area (Å²) in [6, 6.07) is 14.0.